The number of rotatable bonds is 5. The number of piperidine rings is 1. The molecule has 0 aromatic heterocycles. The highest BCUT2D eigenvalue weighted by Gasteiger charge is 2.45. The molecule has 2 amide bonds. The third-order valence-electron chi connectivity index (χ3n) is 5.21. The van der Waals surface area contributed by atoms with Crippen LogP contribution in [0, 0.1) is 12.7 Å². The predicted octanol–water partition coefficient (Wildman–Crippen LogP) is 1.63. The Morgan fingerprint density at radius 1 is 1.37 bits per heavy atom. The lowest BCUT2D eigenvalue weighted by atomic mass is 9.90. The van der Waals surface area contributed by atoms with Crippen LogP contribution in [0.4, 0.5) is 4.39 Å². The number of nitrogens with zero attached hydrogens (tertiary/aromatic N) is 1. The lowest BCUT2D eigenvalue weighted by Crippen LogP contribution is -2.54. The summed E-state index contributed by atoms with van der Waals surface area (Å²) in [5.74, 6) is -2.05. The van der Waals surface area contributed by atoms with E-state index in [2.05, 4.69) is 5.32 Å². The zero-order chi connectivity index (χ0) is 19.6. The number of halogens is 1. The van der Waals surface area contributed by atoms with Crippen LogP contribution in [0.3, 0.4) is 0 Å². The number of benzene rings is 1. The van der Waals surface area contributed by atoms with Gasteiger partial charge in [0.25, 0.3) is 0 Å². The van der Waals surface area contributed by atoms with Gasteiger partial charge in [-0.2, -0.15) is 0 Å². The first-order valence-electron chi connectivity index (χ1n) is 9.05. The number of carbonyl (C=O) groups is 3. The zero-order valence-electron chi connectivity index (χ0n) is 15.2. The number of likely N-dealkylation sites (tertiary alicyclic amines) is 1. The maximum absolute atomic E-state index is 14.0. The van der Waals surface area contributed by atoms with Gasteiger partial charge in [-0.05, 0) is 31.0 Å². The van der Waals surface area contributed by atoms with Crippen molar-refractivity contribution in [2.24, 2.45) is 0 Å². The number of hydrogen-bond acceptors (Lipinski definition) is 4. The number of aryl methyl sites for hydroxylation is 1. The maximum Gasteiger partial charge on any atom is 0.348 e. The van der Waals surface area contributed by atoms with E-state index in [4.69, 9.17) is 4.74 Å². The summed E-state index contributed by atoms with van der Waals surface area (Å²) in [5, 5.41) is 12.5. The first kappa shape index (κ1) is 19.1. The highest BCUT2D eigenvalue weighted by molar-refractivity contribution is 5.83. The molecule has 2 heterocycles. The molecule has 2 fully saturated rings. The van der Waals surface area contributed by atoms with Crippen molar-refractivity contribution in [3.05, 3.63) is 29.6 Å². The van der Waals surface area contributed by atoms with Crippen molar-refractivity contribution in [3.8, 4) is 5.75 Å². The smallest absolute Gasteiger partial charge is 0.348 e. The van der Waals surface area contributed by atoms with Crippen LogP contribution in [-0.2, 0) is 14.4 Å². The molecule has 1 aromatic carbocycles. The fraction of sp³-hybridized carbons (Fsp3) is 0.526. The van der Waals surface area contributed by atoms with Crippen LogP contribution >= 0.6 is 0 Å². The van der Waals surface area contributed by atoms with Gasteiger partial charge in [0, 0.05) is 44.8 Å². The Hall–Kier alpha value is -2.64. The average molecular weight is 378 g/mol. The van der Waals surface area contributed by atoms with Crippen molar-refractivity contribution in [2.45, 2.75) is 50.7 Å². The molecule has 0 radical (unpaired) electrons. The molecule has 0 unspecified atom stereocenters. The summed E-state index contributed by atoms with van der Waals surface area (Å²) in [6, 6.07) is 4.14. The van der Waals surface area contributed by atoms with E-state index >= 15 is 0 Å². The van der Waals surface area contributed by atoms with Gasteiger partial charge in [-0.3, -0.25) is 9.59 Å². The second-order valence-electron chi connectivity index (χ2n) is 7.22. The zero-order valence-corrected chi connectivity index (χ0v) is 15.2. The molecular formula is C19H23FN2O5. The molecule has 2 saturated heterocycles. The fourth-order valence-corrected chi connectivity index (χ4v) is 3.55. The van der Waals surface area contributed by atoms with Crippen LogP contribution in [-0.4, -0.2) is 52.5 Å². The minimum absolute atomic E-state index is 0.0510. The lowest BCUT2D eigenvalue weighted by Gasteiger charge is -2.39. The molecule has 2 N–H and O–H groups in total. The van der Waals surface area contributed by atoms with Gasteiger partial charge < -0.3 is 20.1 Å². The molecule has 27 heavy (non-hydrogen) atoms. The van der Waals surface area contributed by atoms with Gasteiger partial charge in [-0.1, -0.05) is 6.07 Å². The molecule has 0 saturated carbocycles. The molecular weight excluding hydrogens is 355 g/mol. The number of nitrogens with one attached hydrogen (secondary N) is 1. The van der Waals surface area contributed by atoms with Crippen molar-refractivity contribution in [2.75, 3.05) is 13.1 Å². The van der Waals surface area contributed by atoms with E-state index in [-0.39, 0.29) is 56.0 Å². The Morgan fingerprint density at radius 2 is 2.07 bits per heavy atom. The van der Waals surface area contributed by atoms with E-state index in [1.807, 2.05) is 0 Å². The van der Waals surface area contributed by atoms with Gasteiger partial charge >= 0.3 is 5.97 Å². The van der Waals surface area contributed by atoms with Gasteiger partial charge in [0.2, 0.25) is 17.4 Å². The van der Waals surface area contributed by atoms with E-state index in [1.165, 1.54) is 12.1 Å². The number of carbonyl (C=O) groups excluding carboxylic acids is 2. The summed E-state index contributed by atoms with van der Waals surface area (Å²) in [6.07, 6.45) is 1.40. The summed E-state index contributed by atoms with van der Waals surface area (Å²) >= 11 is 0. The molecule has 0 spiro atoms. The monoisotopic (exact) mass is 378 g/mol. The Kier molecular flexibility index (Phi) is 5.34. The highest BCUT2D eigenvalue weighted by Crippen LogP contribution is 2.31. The molecule has 0 aliphatic carbocycles. The van der Waals surface area contributed by atoms with E-state index in [1.54, 1.807) is 17.9 Å². The Balaban J connectivity index is 1.64. The second kappa shape index (κ2) is 7.54. The molecule has 2 aliphatic heterocycles. The summed E-state index contributed by atoms with van der Waals surface area (Å²) in [4.78, 5) is 37.1. The number of amides is 2. The SMILES string of the molecule is Cc1ccc(F)c(OC2(C(=O)O)CCN(C(=O)C[C@H]3CCC(=O)N3)CC2)c1. The van der Waals surface area contributed by atoms with E-state index in [0.717, 1.165) is 5.56 Å². The van der Waals surface area contributed by atoms with Crippen molar-refractivity contribution in [1.82, 2.24) is 10.2 Å². The molecule has 1 aromatic rings. The molecule has 2 aliphatic rings. The third-order valence-corrected chi connectivity index (χ3v) is 5.21. The van der Waals surface area contributed by atoms with Gasteiger partial charge in [0.1, 0.15) is 0 Å². The van der Waals surface area contributed by atoms with Gasteiger partial charge in [-0.15, -0.1) is 0 Å². The number of carboxylic acid groups (broad SMARTS) is 1. The summed E-state index contributed by atoms with van der Waals surface area (Å²) in [7, 11) is 0. The minimum atomic E-state index is -1.56. The summed E-state index contributed by atoms with van der Waals surface area (Å²) in [6.45, 7) is 2.18. The van der Waals surface area contributed by atoms with E-state index in [9.17, 15) is 23.9 Å². The maximum atomic E-state index is 14.0. The number of aliphatic carboxylic acids is 1. The molecule has 3 rings (SSSR count). The normalized spacial score (nSPS) is 21.6. The largest absolute Gasteiger partial charge is 0.478 e. The minimum Gasteiger partial charge on any atom is -0.478 e. The third kappa shape index (κ3) is 4.20. The molecule has 8 heteroatoms. The van der Waals surface area contributed by atoms with Crippen LogP contribution in [0.15, 0.2) is 18.2 Å². The van der Waals surface area contributed by atoms with Crippen molar-refractivity contribution < 1.29 is 28.6 Å². The molecule has 0 bridgehead atoms. The first-order chi connectivity index (χ1) is 12.8. The van der Waals surface area contributed by atoms with Gasteiger partial charge in [0.05, 0.1) is 0 Å². The quantitative estimate of drug-likeness (QED) is 0.812. The standard InChI is InChI=1S/C19H23FN2O5/c1-12-2-4-14(20)15(10-12)27-19(18(25)26)6-8-22(9-7-19)17(24)11-13-3-5-16(23)21-13/h2,4,10,13H,3,5-9,11H2,1H3,(H,21,23)(H,25,26)/t13-/m1/s1. The van der Waals surface area contributed by atoms with E-state index < -0.39 is 17.4 Å². The molecule has 146 valence electrons. The fourth-order valence-electron chi connectivity index (χ4n) is 3.55. The number of carboxylic acids is 1. The molecule has 1 atom stereocenters. The van der Waals surface area contributed by atoms with Crippen molar-refractivity contribution in [1.29, 1.82) is 0 Å². The lowest BCUT2D eigenvalue weighted by molar-refractivity contribution is -0.162. The highest BCUT2D eigenvalue weighted by atomic mass is 19.1. The van der Waals surface area contributed by atoms with Crippen molar-refractivity contribution in [3.63, 3.8) is 0 Å². The van der Waals surface area contributed by atoms with Crippen LogP contribution < -0.4 is 10.1 Å². The molecule has 7 nitrogen and oxygen atoms in total. The Bertz CT molecular complexity index is 758. The van der Waals surface area contributed by atoms with Gasteiger partial charge in [0.15, 0.2) is 11.6 Å². The van der Waals surface area contributed by atoms with E-state index in [0.29, 0.717) is 12.8 Å². The topological polar surface area (TPSA) is 95.9 Å². The van der Waals surface area contributed by atoms with Gasteiger partial charge in [-0.25, -0.2) is 9.18 Å². The van der Waals surface area contributed by atoms with Crippen LogP contribution in [0.25, 0.3) is 0 Å². The number of hydrogen-bond donors (Lipinski definition) is 2. The Labute approximate surface area is 156 Å². The summed E-state index contributed by atoms with van der Waals surface area (Å²) in [5.41, 5.74) is -0.800. The number of ether oxygens (including phenoxy) is 1. The van der Waals surface area contributed by atoms with Crippen LogP contribution in [0.5, 0.6) is 5.75 Å². The van der Waals surface area contributed by atoms with Crippen LogP contribution in [0.2, 0.25) is 0 Å². The second-order valence-corrected chi connectivity index (χ2v) is 7.22. The Morgan fingerprint density at radius 3 is 2.67 bits per heavy atom. The van der Waals surface area contributed by atoms with Crippen LogP contribution in [0.1, 0.15) is 37.7 Å². The summed E-state index contributed by atoms with van der Waals surface area (Å²) < 4.78 is 19.6. The van der Waals surface area contributed by atoms with Crippen molar-refractivity contribution >= 4 is 17.8 Å². The first-order valence-corrected chi connectivity index (χ1v) is 9.05. The average Bonchev–Trinajstić information content (AvgIpc) is 3.03. The predicted molar refractivity (Wildman–Crippen MR) is 93.7 cm³/mol.